The Hall–Kier alpha value is -3.69. The Bertz CT molecular complexity index is 1160. The molecule has 5 rings (SSSR count). The summed E-state index contributed by atoms with van der Waals surface area (Å²) in [4.78, 5) is 12.5. The van der Waals surface area contributed by atoms with Gasteiger partial charge in [-0.2, -0.15) is 0 Å². The zero-order valence-electron chi connectivity index (χ0n) is 20.0. The van der Waals surface area contributed by atoms with Crippen LogP contribution in [0.4, 0.5) is 0 Å². The first-order valence-electron chi connectivity index (χ1n) is 12.2. The summed E-state index contributed by atoms with van der Waals surface area (Å²) >= 11 is 0. The van der Waals surface area contributed by atoms with Crippen LogP contribution in [0.15, 0.2) is 115 Å². The maximum Gasteiger partial charge on any atom is 0.315 e. The Labute approximate surface area is 207 Å². The average Bonchev–Trinajstić information content (AvgIpc) is 2.90. The molecule has 0 bridgehead atoms. The minimum atomic E-state index is -0.833. The van der Waals surface area contributed by atoms with Crippen LogP contribution in [0, 0.1) is 12.8 Å². The third kappa shape index (κ3) is 4.78. The summed E-state index contributed by atoms with van der Waals surface area (Å²) in [5, 5.41) is 0. The van der Waals surface area contributed by atoms with Crippen molar-refractivity contribution in [2.75, 3.05) is 6.61 Å². The van der Waals surface area contributed by atoms with Crippen LogP contribution >= 0.6 is 0 Å². The van der Waals surface area contributed by atoms with E-state index in [0.717, 1.165) is 29.5 Å². The fraction of sp³-hybridized carbons (Fsp3) is 0.219. The predicted octanol–water partition coefficient (Wildman–Crippen LogP) is 6.48. The lowest BCUT2D eigenvalue weighted by Crippen LogP contribution is -2.49. The van der Waals surface area contributed by atoms with E-state index in [-0.39, 0.29) is 24.6 Å². The van der Waals surface area contributed by atoms with Gasteiger partial charge in [0, 0.05) is 0 Å². The van der Waals surface area contributed by atoms with Crippen LogP contribution in [0.3, 0.4) is 0 Å². The van der Waals surface area contributed by atoms with E-state index >= 15 is 0 Å². The van der Waals surface area contributed by atoms with Crippen LogP contribution in [-0.2, 0) is 26.3 Å². The Morgan fingerprint density at radius 1 is 0.743 bits per heavy atom. The average molecular weight is 463 g/mol. The molecule has 0 aromatic heterocycles. The Morgan fingerprint density at radius 3 is 1.77 bits per heavy atom. The Kier molecular flexibility index (Phi) is 6.78. The third-order valence-electron chi connectivity index (χ3n) is 6.84. The number of esters is 1. The van der Waals surface area contributed by atoms with Gasteiger partial charge in [0.25, 0.3) is 0 Å². The first kappa shape index (κ1) is 23.1. The molecule has 3 nitrogen and oxygen atoms in total. The summed E-state index contributed by atoms with van der Waals surface area (Å²) < 4.78 is 12.4. The molecular weight excluding hydrogens is 432 g/mol. The number of benzene rings is 4. The molecule has 0 spiro atoms. The van der Waals surface area contributed by atoms with Crippen molar-refractivity contribution in [2.24, 2.45) is 5.92 Å². The fourth-order valence-electron chi connectivity index (χ4n) is 4.99. The fourth-order valence-corrected chi connectivity index (χ4v) is 4.99. The number of carbonyl (C=O) groups excluding carboxylic acids is 1. The summed E-state index contributed by atoms with van der Waals surface area (Å²) in [7, 11) is 0. The Morgan fingerprint density at radius 2 is 1.29 bits per heavy atom. The monoisotopic (exact) mass is 462 g/mol. The van der Waals surface area contributed by atoms with Crippen LogP contribution in [0.5, 0.6) is 0 Å². The zero-order chi connectivity index (χ0) is 24.1. The SMILES string of the molecule is Cc1cccc(CC[C@@H]2OC(=O)[C@H]2COC(c2ccccc2)(c2ccccc2)c2ccccc2)c1. The van der Waals surface area contributed by atoms with Crippen molar-refractivity contribution in [3.05, 3.63) is 143 Å². The van der Waals surface area contributed by atoms with Crippen molar-refractivity contribution in [3.8, 4) is 0 Å². The van der Waals surface area contributed by atoms with Gasteiger partial charge in [0.15, 0.2) is 0 Å². The highest BCUT2D eigenvalue weighted by atomic mass is 16.6. The van der Waals surface area contributed by atoms with Crippen molar-refractivity contribution >= 4 is 5.97 Å². The van der Waals surface area contributed by atoms with E-state index in [1.807, 2.05) is 54.6 Å². The molecule has 35 heavy (non-hydrogen) atoms. The normalized spacial score (nSPS) is 17.5. The summed E-state index contributed by atoms with van der Waals surface area (Å²) in [5.41, 5.74) is 4.76. The van der Waals surface area contributed by atoms with Crippen molar-refractivity contribution in [1.29, 1.82) is 0 Å². The topological polar surface area (TPSA) is 35.5 Å². The number of carbonyl (C=O) groups is 1. The second-order valence-electron chi connectivity index (χ2n) is 9.20. The predicted molar refractivity (Wildman–Crippen MR) is 138 cm³/mol. The van der Waals surface area contributed by atoms with Gasteiger partial charge in [-0.05, 0) is 42.0 Å². The van der Waals surface area contributed by atoms with E-state index in [1.54, 1.807) is 0 Å². The lowest BCUT2D eigenvalue weighted by Gasteiger charge is -2.40. The number of aryl methyl sites for hydroxylation is 2. The van der Waals surface area contributed by atoms with Crippen LogP contribution in [0.2, 0.25) is 0 Å². The number of ether oxygens (including phenoxy) is 2. The number of cyclic esters (lactones) is 1. The number of rotatable bonds is 9. The quantitative estimate of drug-likeness (QED) is 0.211. The molecule has 3 heteroatoms. The van der Waals surface area contributed by atoms with Crippen LogP contribution in [0.25, 0.3) is 0 Å². The number of hydrogen-bond donors (Lipinski definition) is 0. The van der Waals surface area contributed by atoms with Gasteiger partial charge < -0.3 is 9.47 Å². The lowest BCUT2D eigenvalue weighted by molar-refractivity contribution is -0.194. The lowest BCUT2D eigenvalue weighted by atomic mass is 9.79. The standard InChI is InChI=1S/C32H30O3/c1-24-12-11-13-25(22-24)20-21-30-29(31(33)35-30)23-34-32(26-14-5-2-6-15-26,27-16-7-3-8-17-27)28-18-9-4-10-19-28/h2-19,22,29-30H,20-21,23H2,1H3/t29-,30-/m0/s1. The molecule has 0 amide bonds. The van der Waals surface area contributed by atoms with Crippen molar-refractivity contribution in [3.63, 3.8) is 0 Å². The second kappa shape index (κ2) is 10.3. The molecule has 1 fully saturated rings. The van der Waals surface area contributed by atoms with Crippen molar-refractivity contribution in [2.45, 2.75) is 31.5 Å². The number of hydrogen-bond acceptors (Lipinski definition) is 3. The first-order valence-corrected chi connectivity index (χ1v) is 12.2. The molecule has 1 heterocycles. The molecule has 0 saturated carbocycles. The van der Waals surface area contributed by atoms with Gasteiger partial charge in [-0.1, -0.05) is 121 Å². The first-order chi connectivity index (χ1) is 17.2. The van der Waals surface area contributed by atoms with E-state index < -0.39 is 5.60 Å². The maximum atomic E-state index is 12.5. The van der Waals surface area contributed by atoms with Gasteiger partial charge >= 0.3 is 5.97 Å². The molecule has 1 aliphatic rings. The molecule has 1 saturated heterocycles. The Balaban J connectivity index is 1.43. The van der Waals surface area contributed by atoms with Crippen molar-refractivity contribution < 1.29 is 14.3 Å². The summed E-state index contributed by atoms with van der Waals surface area (Å²) in [5.74, 6) is -0.461. The molecule has 4 aromatic carbocycles. The molecule has 0 radical (unpaired) electrons. The van der Waals surface area contributed by atoms with Gasteiger partial charge in [-0.25, -0.2) is 0 Å². The molecule has 0 unspecified atom stereocenters. The molecule has 0 N–H and O–H groups in total. The van der Waals surface area contributed by atoms with Crippen molar-refractivity contribution in [1.82, 2.24) is 0 Å². The van der Waals surface area contributed by atoms with E-state index in [2.05, 4.69) is 67.6 Å². The van der Waals surface area contributed by atoms with E-state index in [4.69, 9.17) is 9.47 Å². The molecule has 2 atom stereocenters. The summed E-state index contributed by atoms with van der Waals surface area (Å²) in [6.07, 6.45) is 1.53. The zero-order valence-corrected chi connectivity index (χ0v) is 20.0. The molecule has 1 aliphatic heterocycles. The van der Waals surface area contributed by atoms with Gasteiger partial charge in [-0.3, -0.25) is 4.79 Å². The van der Waals surface area contributed by atoms with E-state index in [1.165, 1.54) is 11.1 Å². The molecule has 4 aromatic rings. The van der Waals surface area contributed by atoms with E-state index in [9.17, 15) is 4.79 Å². The smallest absolute Gasteiger partial charge is 0.315 e. The molecule has 176 valence electrons. The van der Waals surface area contributed by atoms with Crippen LogP contribution < -0.4 is 0 Å². The van der Waals surface area contributed by atoms with Gasteiger partial charge in [0.1, 0.15) is 17.6 Å². The van der Waals surface area contributed by atoms with Gasteiger partial charge in [0.05, 0.1) is 6.61 Å². The van der Waals surface area contributed by atoms with Crippen LogP contribution in [0.1, 0.15) is 34.2 Å². The third-order valence-corrected chi connectivity index (χ3v) is 6.84. The van der Waals surface area contributed by atoms with Gasteiger partial charge in [0.2, 0.25) is 0 Å². The molecular formula is C32H30O3. The highest BCUT2D eigenvalue weighted by Gasteiger charge is 2.45. The second-order valence-corrected chi connectivity index (χ2v) is 9.20. The maximum absolute atomic E-state index is 12.5. The van der Waals surface area contributed by atoms with Crippen LogP contribution in [-0.4, -0.2) is 18.7 Å². The van der Waals surface area contributed by atoms with Gasteiger partial charge in [-0.15, -0.1) is 0 Å². The minimum absolute atomic E-state index is 0.136. The largest absolute Gasteiger partial charge is 0.461 e. The minimum Gasteiger partial charge on any atom is -0.461 e. The summed E-state index contributed by atoms with van der Waals surface area (Å²) in [6, 6.07) is 39.2. The highest BCUT2D eigenvalue weighted by molar-refractivity contribution is 5.78. The molecule has 0 aliphatic carbocycles. The highest BCUT2D eigenvalue weighted by Crippen LogP contribution is 2.42. The van der Waals surface area contributed by atoms with E-state index in [0.29, 0.717) is 0 Å². The summed E-state index contributed by atoms with van der Waals surface area (Å²) in [6.45, 7) is 2.38.